The number of unbranched alkanes of at least 4 members (excludes halogenated alkanes) is 2. The Kier molecular flexibility index (Phi) is 8.03. The van der Waals surface area contributed by atoms with Crippen LogP contribution < -0.4 is 0 Å². The molecule has 0 heterocycles. The lowest BCUT2D eigenvalue weighted by Gasteiger charge is -2.10. The van der Waals surface area contributed by atoms with Crippen LogP contribution in [0.5, 0.6) is 0 Å². The van der Waals surface area contributed by atoms with Crippen molar-refractivity contribution in [3.05, 3.63) is 6.61 Å². The van der Waals surface area contributed by atoms with Gasteiger partial charge in [0.25, 0.3) is 0 Å². The lowest BCUT2D eigenvalue weighted by Crippen LogP contribution is -2.05. The molecule has 0 aromatic rings. The standard InChI is InChI=1S/C10H21O/c1-4-6-8-10(3)11-9-7-5-2/h9-10H,4-8H2,1-3H3. The Hall–Kier alpha value is -0.0400. The molecule has 0 saturated heterocycles. The molecule has 0 saturated carbocycles. The van der Waals surface area contributed by atoms with Crippen molar-refractivity contribution in [3.8, 4) is 0 Å². The fourth-order valence-corrected chi connectivity index (χ4v) is 0.910. The molecule has 0 rings (SSSR count). The van der Waals surface area contributed by atoms with Gasteiger partial charge in [-0.25, -0.2) is 0 Å². The Labute approximate surface area is 71.1 Å². The van der Waals surface area contributed by atoms with Gasteiger partial charge >= 0.3 is 0 Å². The van der Waals surface area contributed by atoms with E-state index < -0.39 is 0 Å². The summed E-state index contributed by atoms with van der Waals surface area (Å²) in [6, 6.07) is 0. The lowest BCUT2D eigenvalue weighted by molar-refractivity contribution is 0.106. The van der Waals surface area contributed by atoms with Crippen molar-refractivity contribution < 1.29 is 4.74 Å². The van der Waals surface area contributed by atoms with Gasteiger partial charge in [0, 0.05) is 0 Å². The van der Waals surface area contributed by atoms with E-state index in [2.05, 4.69) is 20.8 Å². The van der Waals surface area contributed by atoms with Crippen LogP contribution >= 0.6 is 0 Å². The summed E-state index contributed by atoms with van der Waals surface area (Å²) >= 11 is 0. The summed E-state index contributed by atoms with van der Waals surface area (Å²) < 4.78 is 5.46. The molecule has 0 aromatic heterocycles. The zero-order valence-corrected chi connectivity index (χ0v) is 8.10. The quantitative estimate of drug-likeness (QED) is 0.513. The Balaban J connectivity index is 3.02. The number of hydrogen-bond donors (Lipinski definition) is 0. The van der Waals surface area contributed by atoms with E-state index in [0.29, 0.717) is 6.10 Å². The van der Waals surface area contributed by atoms with E-state index in [4.69, 9.17) is 4.74 Å². The van der Waals surface area contributed by atoms with Gasteiger partial charge in [-0.05, 0) is 19.8 Å². The van der Waals surface area contributed by atoms with Gasteiger partial charge in [-0.3, -0.25) is 0 Å². The molecule has 0 aliphatic rings. The van der Waals surface area contributed by atoms with Gasteiger partial charge < -0.3 is 4.74 Å². The summed E-state index contributed by atoms with van der Waals surface area (Å²) in [6.45, 7) is 8.46. The summed E-state index contributed by atoms with van der Waals surface area (Å²) in [5.74, 6) is 0. The maximum Gasteiger partial charge on any atom is 0.0840 e. The van der Waals surface area contributed by atoms with Gasteiger partial charge in [0.2, 0.25) is 0 Å². The van der Waals surface area contributed by atoms with E-state index >= 15 is 0 Å². The highest BCUT2D eigenvalue weighted by atomic mass is 16.5. The van der Waals surface area contributed by atoms with Crippen molar-refractivity contribution >= 4 is 0 Å². The fourth-order valence-electron chi connectivity index (χ4n) is 0.910. The molecule has 0 aliphatic heterocycles. The van der Waals surface area contributed by atoms with Crippen LogP contribution in [0.15, 0.2) is 0 Å². The summed E-state index contributed by atoms with van der Waals surface area (Å²) in [5.41, 5.74) is 0. The van der Waals surface area contributed by atoms with Crippen LogP contribution in [0.1, 0.15) is 52.9 Å². The first-order valence-corrected chi connectivity index (χ1v) is 4.78. The van der Waals surface area contributed by atoms with Crippen LogP contribution in [0, 0.1) is 6.61 Å². The lowest BCUT2D eigenvalue weighted by atomic mass is 10.2. The largest absolute Gasteiger partial charge is 0.373 e. The normalized spacial score (nSPS) is 13.4. The van der Waals surface area contributed by atoms with E-state index in [1.807, 2.05) is 6.61 Å². The zero-order chi connectivity index (χ0) is 8.53. The average molecular weight is 157 g/mol. The minimum absolute atomic E-state index is 0.418. The third kappa shape index (κ3) is 7.86. The molecule has 0 amide bonds. The number of hydrogen-bond acceptors (Lipinski definition) is 1. The molecule has 0 aromatic carbocycles. The van der Waals surface area contributed by atoms with Crippen LogP contribution in [0.2, 0.25) is 0 Å². The van der Waals surface area contributed by atoms with Crippen molar-refractivity contribution in [2.24, 2.45) is 0 Å². The Bertz CT molecular complexity index is 71.3. The molecule has 1 nitrogen and oxygen atoms in total. The summed E-state index contributed by atoms with van der Waals surface area (Å²) in [7, 11) is 0. The minimum atomic E-state index is 0.418. The second kappa shape index (κ2) is 8.06. The van der Waals surface area contributed by atoms with Gasteiger partial charge in [0.05, 0.1) is 12.7 Å². The van der Waals surface area contributed by atoms with Crippen molar-refractivity contribution in [1.29, 1.82) is 0 Å². The third-order valence-electron chi connectivity index (χ3n) is 1.70. The maximum absolute atomic E-state index is 5.46. The molecule has 0 bridgehead atoms. The molecule has 1 atom stereocenters. The van der Waals surface area contributed by atoms with Crippen molar-refractivity contribution in [1.82, 2.24) is 0 Å². The second-order valence-corrected chi connectivity index (χ2v) is 3.04. The Morgan fingerprint density at radius 3 is 2.55 bits per heavy atom. The van der Waals surface area contributed by atoms with Crippen molar-refractivity contribution in [2.75, 3.05) is 0 Å². The molecular weight excluding hydrogens is 136 g/mol. The highest BCUT2D eigenvalue weighted by Gasteiger charge is 1.99. The summed E-state index contributed by atoms with van der Waals surface area (Å²) in [4.78, 5) is 0. The fraction of sp³-hybridized carbons (Fsp3) is 0.900. The van der Waals surface area contributed by atoms with E-state index in [9.17, 15) is 0 Å². The Morgan fingerprint density at radius 2 is 2.00 bits per heavy atom. The maximum atomic E-state index is 5.46. The first-order chi connectivity index (χ1) is 5.31. The molecule has 1 radical (unpaired) electrons. The van der Waals surface area contributed by atoms with E-state index in [0.717, 1.165) is 6.42 Å². The van der Waals surface area contributed by atoms with E-state index in [-0.39, 0.29) is 0 Å². The van der Waals surface area contributed by atoms with Crippen LogP contribution in [-0.4, -0.2) is 6.10 Å². The number of rotatable bonds is 7. The monoisotopic (exact) mass is 157 g/mol. The third-order valence-corrected chi connectivity index (χ3v) is 1.70. The van der Waals surface area contributed by atoms with Crippen molar-refractivity contribution in [3.63, 3.8) is 0 Å². The Morgan fingerprint density at radius 1 is 1.27 bits per heavy atom. The van der Waals surface area contributed by atoms with E-state index in [1.54, 1.807) is 0 Å². The van der Waals surface area contributed by atoms with Gasteiger partial charge in [-0.2, -0.15) is 0 Å². The topological polar surface area (TPSA) is 9.23 Å². The molecular formula is C10H21O. The molecule has 1 heteroatoms. The van der Waals surface area contributed by atoms with Crippen LogP contribution in [0.4, 0.5) is 0 Å². The van der Waals surface area contributed by atoms with Gasteiger partial charge in [0.15, 0.2) is 0 Å². The highest BCUT2D eigenvalue weighted by molar-refractivity contribution is 4.55. The van der Waals surface area contributed by atoms with Gasteiger partial charge in [0.1, 0.15) is 0 Å². The first kappa shape index (κ1) is 11.0. The average Bonchev–Trinajstić information content (AvgIpc) is 2.01. The van der Waals surface area contributed by atoms with Gasteiger partial charge in [-0.15, -0.1) is 0 Å². The van der Waals surface area contributed by atoms with Crippen molar-refractivity contribution in [2.45, 2.75) is 59.0 Å². The van der Waals surface area contributed by atoms with Gasteiger partial charge in [-0.1, -0.05) is 33.1 Å². The molecule has 0 N–H and O–H groups in total. The second-order valence-electron chi connectivity index (χ2n) is 3.04. The molecule has 67 valence electrons. The summed E-state index contributed by atoms with van der Waals surface area (Å²) in [6.07, 6.45) is 6.41. The summed E-state index contributed by atoms with van der Waals surface area (Å²) in [5, 5.41) is 0. The van der Waals surface area contributed by atoms with Crippen LogP contribution in [0.25, 0.3) is 0 Å². The molecule has 1 unspecified atom stereocenters. The van der Waals surface area contributed by atoms with Crippen LogP contribution in [0.3, 0.4) is 0 Å². The molecule has 11 heavy (non-hydrogen) atoms. The molecule has 0 spiro atoms. The first-order valence-electron chi connectivity index (χ1n) is 4.78. The predicted molar refractivity (Wildman–Crippen MR) is 49.3 cm³/mol. The molecule has 0 fully saturated rings. The zero-order valence-electron chi connectivity index (χ0n) is 8.10. The minimum Gasteiger partial charge on any atom is -0.373 e. The smallest absolute Gasteiger partial charge is 0.0840 e. The molecule has 0 aliphatic carbocycles. The number of ether oxygens (including phenoxy) is 1. The highest BCUT2D eigenvalue weighted by Crippen LogP contribution is 2.06. The van der Waals surface area contributed by atoms with E-state index in [1.165, 1.54) is 25.7 Å². The predicted octanol–water partition coefficient (Wildman–Crippen LogP) is 3.54. The SMILES string of the molecule is CCC[CH]OC(C)CCCC. The van der Waals surface area contributed by atoms with Crippen LogP contribution in [-0.2, 0) is 4.74 Å².